The Morgan fingerprint density at radius 3 is 2.71 bits per heavy atom. The van der Waals surface area contributed by atoms with Gasteiger partial charge in [0.05, 0.1) is 17.3 Å². The Labute approximate surface area is 127 Å². The van der Waals surface area contributed by atoms with Gasteiger partial charge in [0, 0.05) is 31.7 Å². The highest BCUT2D eigenvalue weighted by Gasteiger charge is 2.42. The summed E-state index contributed by atoms with van der Waals surface area (Å²) in [5.41, 5.74) is 0.523. The van der Waals surface area contributed by atoms with Gasteiger partial charge in [-0.3, -0.25) is 9.58 Å². The second-order valence-corrected chi connectivity index (χ2v) is 7.43. The second-order valence-electron chi connectivity index (χ2n) is 7.43. The van der Waals surface area contributed by atoms with Gasteiger partial charge >= 0.3 is 0 Å². The summed E-state index contributed by atoms with van der Waals surface area (Å²) in [5, 5.41) is 15.6. The third-order valence-corrected chi connectivity index (χ3v) is 5.55. The lowest BCUT2D eigenvalue weighted by Crippen LogP contribution is -2.36. The molecule has 1 unspecified atom stereocenters. The summed E-state index contributed by atoms with van der Waals surface area (Å²) in [5.74, 6) is 0. The summed E-state index contributed by atoms with van der Waals surface area (Å²) in [6.45, 7) is 1.90. The van der Waals surface area contributed by atoms with Crippen LogP contribution >= 0.6 is 0 Å². The van der Waals surface area contributed by atoms with Crippen LogP contribution in [0.25, 0.3) is 0 Å². The topological polar surface area (TPSA) is 41.3 Å². The third kappa shape index (κ3) is 3.02. The Morgan fingerprint density at radius 2 is 1.95 bits per heavy atom. The average Bonchev–Trinajstić information content (AvgIpc) is 3.13. The molecule has 0 radical (unpaired) electrons. The molecule has 2 saturated carbocycles. The molecule has 1 N–H and O–H groups in total. The first-order valence-electron chi connectivity index (χ1n) is 8.72. The molecule has 4 nitrogen and oxygen atoms in total. The van der Waals surface area contributed by atoms with Crippen molar-refractivity contribution in [2.75, 3.05) is 13.1 Å². The Kier molecular flexibility index (Phi) is 3.54. The van der Waals surface area contributed by atoms with Gasteiger partial charge in [0.1, 0.15) is 0 Å². The summed E-state index contributed by atoms with van der Waals surface area (Å²) in [4.78, 5) is 2.47. The molecule has 1 aromatic heterocycles. The van der Waals surface area contributed by atoms with E-state index in [2.05, 4.69) is 21.8 Å². The van der Waals surface area contributed by atoms with Crippen LogP contribution in [-0.4, -0.2) is 44.5 Å². The molecule has 1 aliphatic heterocycles. The number of likely N-dealkylation sites (tertiary alicyclic amines) is 1. The molecule has 2 aliphatic carbocycles. The number of aromatic nitrogens is 2. The predicted molar refractivity (Wildman–Crippen MR) is 82.2 cm³/mol. The van der Waals surface area contributed by atoms with Crippen molar-refractivity contribution >= 4 is 0 Å². The molecule has 0 spiro atoms. The first-order valence-corrected chi connectivity index (χ1v) is 8.72. The van der Waals surface area contributed by atoms with Crippen LogP contribution in [0.15, 0.2) is 12.3 Å². The summed E-state index contributed by atoms with van der Waals surface area (Å²) < 4.78 is 2.16. The van der Waals surface area contributed by atoms with Crippen LogP contribution < -0.4 is 0 Å². The van der Waals surface area contributed by atoms with E-state index in [0.717, 1.165) is 37.7 Å². The van der Waals surface area contributed by atoms with Crippen molar-refractivity contribution in [2.24, 2.45) is 0 Å². The van der Waals surface area contributed by atoms with E-state index in [-0.39, 0.29) is 0 Å². The molecule has 2 heterocycles. The molecule has 4 rings (SSSR count). The van der Waals surface area contributed by atoms with Crippen molar-refractivity contribution < 1.29 is 5.11 Å². The first kappa shape index (κ1) is 13.8. The van der Waals surface area contributed by atoms with Crippen LogP contribution in [0.4, 0.5) is 0 Å². The number of β-amino-alcohol motifs (C(OH)–C–C–N with tert-alkyl or cyclic N) is 1. The van der Waals surface area contributed by atoms with Crippen molar-refractivity contribution in [3.05, 3.63) is 18.0 Å². The lowest BCUT2D eigenvalue weighted by atomic mass is 9.96. The van der Waals surface area contributed by atoms with Crippen LogP contribution in [0.5, 0.6) is 0 Å². The minimum absolute atomic E-state index is 0.547. The molecule has 1 saturated heterocycles. The van der Waals surface area contributed by atoms with Gasteiger partial charge in [0.2, 0.25) is 0 Å². The van der Waals surface area contributed by atoms with Crippen molar-refractivity contribution in [1.82, 2.24) is 14.7 Å². The summed E-state index contributed by atoms with van der Waals surface area (Å²) >= 11 is 0. The van der Waals surface area contributed by atoms with Gasteiger partial charge in [-0.2, -0.15) is 5.10 Å². The zero-order chi connectivity index (χ0) is 14.3. The van der Waals surface area contributed by atoms with Crippen LogP contribution in [-0.2, 0) is 6.42 Å². The molecule has 116 valence electrons. The molecule has 4 heteroatoms. The zero-order valence-electron chi connectivity index (χ0n) is 12.9. The second kappa shape index (κ2) is 5.40. The third-order valence-electron chi connectivity index (χ3n) is 5.55. The fourth-order valence-corrected chi connectivity index (χ4v) is 4.14. The normalized spacial score (nSPS) is 31.9. The maximum atomic E-state index is 10.8. The predicted octanol–water partition coefficient (Wildman–Crippen LogP) is 2.53. The van der Waals surface area contributed by atoms with E-state index in [1.165, 1.54) is 44.9 Å². The molecular formula is C17H27N3O. The highest BCUT2D eigenvalue weighted by atomic mass is 16.3. The monoisotopic (exact) mass is 289 g/mol. The zero-order valence-corrected chi connectivity index (χ0v) is 12.9. The summed E-state index contributed by atoms with van der Waals surface area (Å²) in [7, 11) is 0. The fraction of sp³-hybridized carbons (Fsp3) is 0.824. The smallest absolute Gasteiger partial charge is 0.0842 e. The van der Waals surface area contributed by atoms with Crippen molar-refractivity contribution in [2.45, 2.75) is 75.5 Å². The molecule has 21 heavy (non-hydrogen) atoms. The van der Waals surface area contributed by atoms with E-state index in [9.17, 15) is 5.11 Å². The van der Waals surface area contributed by atoms with Crippen LogP contribution in [0, 0.1) is 0 Å². The lowest BCUT2D eigenvalue weighted by molar-refractivity contribution is 0.0475. The Balaban J connectivity index is 1.39. The maximum Gasteiger partial charge on any atom is 0.0842 e. The average molecular weight is 289 g/mol. The van der Waals surface area contributed by atoms with E-state index in [0.29, 0.717) is 6.04 Å². The Morgan fingerprint density at radius 1 is 1.14 bits per heavy atom. The van der Waals surface area contributed by atoms with E-state index in [4.69, 9.17) is 5.10 Å². The van der Waals surface area contributed by atoms with Crippen LogP contribution in [0.2, 0.25) is 0 Å². The van der Waals surface area contributed by atoms with Crippen LogP contribution in [0.1, 0.15) is 63.1 Å². The van der Waals surface area contributed by atoms with Gasteiger partial charge in [0.15, 0.2) is 0 Å². The molecule has 0 amide bonds. The summed E-state index contributed by atoms with van der Waals surface area (Å²) in [6.07, 6.45) is 13.0. The van der Waals surface area contributed by atoms with E-state index < -0.39 is 5.60 Å². The van der Waals surface area contributed by atoms with Gasteiger partial charge in [-0.15, -0.1) is 0 Å². The van der Waals surface area contributed by atoms with Crippen molar-refractivity contribution in [3.63, 3.8) is 0 Å². The van der Waals surface area contributed by atoms with Crippen LogP contribution in [0.3, 0.4) is 0 Å². The molecule has 3 aliphatic rings. The quantitative estimate of drug-likeness (QED) is 0.926. The number of hydrogen-bond donors (Lipinski definition) is 1. The molecule has 1 atom stereocenters. The maximum absolute atomic E-state index is 10.8. The van der Waals surface area contributed by atoms with Gasteiger partial charge < -0.3 is 5.11 Å². The van der Waals surface area contributed by atoms with Crippen molar-refractivity contribution in [3.8, 4) is 0 Å². The first-order chi connectivity index (χ1) is 10.2. The Bertz CT molecular complexity index is 490. The highest BCUT2D eigenvalue weighted by Crippen LogP contribution is 2.35. The minimum Gasteiger partial charge on any atom is -0.388 e. The number of aliphatic hydroxyl groups is 1. The van der Waals surface area contributed by atoms with Gasteiger partial charge in [-0.1, -0.05) is 19.3 Å². The number of rotatable bonds is 4. The van der Waals surface area contributed by atoms with E-state index in [1.54, 1.807) is 0 Å². The SMILES string of the molecule is OC1(Cc2ccn(C3CCCCC3)n2)CCN(C2CC2)C1. The van der Waals surface area contributed by atoms with E-state index >= 15 is 0 Å². The standard InChI is InChI=1S/C17H27N3O/c21-17(9-11-19(13-17)15-6-7-15)12-14-8-10-20(18-14)16-4-2-1-3-5-16/h8,10,15-16,21H,1-7,9,11-13H2. The molecule has 0 aromatic carbocycles. The minimum atomic E-state index is -0.547. The molecule has 1 aromatic rings. The largest absolute Gasteiger partial charge is 0.388 e. The van der Waals surface area contributed by atoms with Gasteiger partial charge in [-0.05, 0) is 38.2 Å². The molecule has 0 bridgehead atoms. The Hall–Kier alpha value is -0.870. The summed E-state index contributed by atoms with van der Waals surface area (Å²) in [6, 6.07) is 3.47. The van der Waals surface area contributed by atoms with Gasteiger partial charge in [-0.25, -0.2) is 0 Å². The fourth-order valence-electron chi connectivity index (χ4n) is 4.14. The lowest BCUT2D eigenvalue weighted by Gasteiger charge is -2.23. The number of nitrogens with zero attached hydrogens (tertiary/aromatic N) is 3. The van der Waals surface area contributed by atoms with Crippen molar-refractivity contribution in [1.29, 1.82) is 0 Å². The number of hydrogen-bond acceptors (Lipinski definition) is 3. The molecular weight excluding hydrogens is 262 g/mol. The van der Waals surface area contributed by atoms with Gasteiger partial charge in [0.25, 0.3) is 0 Å². The molecule has 3 fully saturated rings. The van der Waals surface area contributed by atoms with E-state index in [1.807, 2.05) is 0 Å². The highest BCUT2D eigenvalue weighted by molar-refractivity contribution is 5.08.